The third-order valence-corrected chi connectivity index (χ3v) is 5.03. The van der Waals surface area contributed by atoms with E-state index >= 15 is 0 Å². The normalized spacial score (nSPS) is 26.2. The molecule has 20 heavy (non-hydrogen) atoms. The summed E-state index contributed by atoms with van der Waals surface area (Å²) in [5, 5.41) is 3.15. The molecule has 1 fully saturated rings. The molecule has 0 aromatic heterocycles. The first-order valence-corrected chi connectivity index (χ1v) is 8.55. The number of thiocarbonyl (C=S) groups is 1. The highest BCUT2D eigenvalue weighted by atomic mass is 32.1. The van der Waals surface area contributed by atoms with Crippen molar-refractivity contribution in [3.05, 3.63) is 0 Å². The van der Waals surface area contributed by atoms with E-state index in [9.17, 15) is 4.79 Å². The van der Waals surface area contributed by atoms with E-state index in [0.717, 1.165) is 44.4 Å². The van der Waals surface area contributed by atoms with Gasteiger partial charge in [0, 0.05) is 6.42 Å². The van der Waals surface area contributed by atoms with Crippen LogP contribution >= 0.6 is 12.2 Å². The van der Waals surface area contributed by atoms with Crippen molar-refractivity contribution >= 4 is 23.1 Å². The van der Waals surface area contributed by atoms with Crippen LogP contribution in [0.15, 0.2) is 0 Å². The molecule has 1 amide bonds. The van der Waals surface area contributed by atoms with E-state index in [-0.39, 0.29) is 5.91 Å². The summed E-state index contributed by atoms with van der Waals surface area (Å²) < 4.78 is 0. The molecular formula is C16H30N2OS. The van der Waals surface area contributed by atoms with E-state index in [1.165, 1.54) is 19.3 Å². The summed E-state index contributed by atoms with van der Waals surface area (Å²) in [7, 11) is 0. The van der Waals surface area contributed by atoms with Crippen LogP contribution in [0.2, 0.25) is 0 Å². The molecule has 1 aliphatic rings. The number of nitrogens with two attached hydrogens (primary N) is 1. The summed E-state index contributed by atoms with van der Waals surface area (Å²) >= 11 is 5.24. The fourth-order valence-corrected chi connectivity index (χ4v) is 3.31. The molecule has 0 aliphatic heterocycles. The van der Waals surface area contributed by atoms with E-state index in [1.54, 1.807) is 0 Å². The molecule has 0 radical (unpaired) electrons. The van der Waals surface area contributed by atoms with Crippen LogP contribution in [0.4, 0.5) is 0 Å². The Bertz CT molecular complexity index is 322. The molecular weight excluding hydrogens is 268 g/mol. The molecule has 3 nitrogen and oxygen atoms in total. The first kappa shape index (κ1) is 17.4. The van der Waals surface area contributed by atoms with Crippen LogP contribution < -0.4 is 11.1 Å². The number of carbonyl (C=O) groups is 1. The Kier molecular flexibility index (Phi) is 7.49. The quantitative estimate of drug-likeness (QED) is 0.530. The first-order chi connectivity index (χ1) is 9.54. The van der Waals surface area contributed by atoms with Crippen molar-refractivity contribution < 1.29 is 4.79 Å². The van der Waals surface area contributed by atoms with Gasteiger partial charge in [0.15, 0.2) is 0 Å². The third-order valence-electron chi connectivity index (χ3n) is 4.64. The average molecular weight is 298 g/mol. The van der Waals surface area contributed by atoms with Crippen LogP contribution in [-0.2, 0) is 4.79 Å². The Balaban J connectivity index is 2.47. The largest absolute Gasteiger partial charge is 0.391 e. The Morgan fingerprint density at radius 2 is 1.90 bits per heavy atom. The minimum absolute atomic E-state index is 0.115. The minimum Gasteiger partial charge on any atom is -0.391 e. The van der Waals surface area contributed by atoms with Crippen LogP contribution in [-0.4, -0.2) is 16.4 Å². The van der Waals surface area contributed by atoms with Gasteiger partial charge in [-0.3, -0.25) is 4.79 Å². The molecule has 3 N–H and O–H groups in total. The second-order valence-corrected chi connectivity index (χ2v) is 6.60. The highest BCUT2D eigenvalue weighted by molar-refractivity contribution is 7.80. The number of nitrogens with one attached hydrogen (secondary N) is 1. The van der Waals surface area contributed by atoms with Gasteiger partial charge in [0.05, 0.1) is 10.5 Å². The molecule has 1 saturated carbocycles. The Labute approximate surface area is 129 Å². The van der Waals surface area contributed by atoms with Crippen LogP contribution in [0.1, 0.15) is 78.1 Å². The molecule has 116 valence electrons. The highest BCUT2D eigenvalue weighted by Gasteiger charge is 2.38. The maximum atomic E-state index is 12.1. The fourth-order valence-electron chi connectivity index (χ4n) is 3.05. The van der Waals surface area contributed by atoms with Gasteiger partial charge in [0.1, 0.15) is 0 Å². The van der Waals surface area contributed by atoms with E-state index in [0.29, 0.717) is 11.4 Å². The van der Waals surface area contributed by atoms with Crippen molar-refractivity contribution in [3.63, 3.8) is 0 Å². The van der Waals surface area contributed by atoms with Gasteiger partial charge < -0.3 is 11.1 Å². The molecule has 0 atom stereocenters. The summed E-state index contributed by atoms with van der Waals surface area (Å²) in [5.74, 6) is 0.878. The molecule has 0 aromatic rings. The topological polar surface area (TPSA) is 55.1 Å². The maximum absolute atomic E-state index is 12.1. The maximum Gasteiger partial charge on any atom is 0.220 e. The van der Waals surface area contributed by atoms with Gasteiger partial charge >= 0.3 is 0 Å². The lowest BCUT2D eigenvalue weighted by molar-refractivity contribution is -0.122. The molecule has 0 heterocycles. The SMILES string of the molecule is CCCCCCC(=O)NC1(C(N)=S)CCC(CC)CC1. The molecule has 0 bridgehead atoms. The highest BCUT2D eigenvalue weighted by Crippen LogP contribution is 2.34. The number of hydrogen-bond donors (Lipinski definition) is 2. The Morgan fingerprint density at radius 3 is 2.40 bits per heavy atom. The van der Waals surface area contributed by atoms with Crippen LogP contribution in [0, 0.1) is 5.92 Å². The predicted octanol–water partition coefficient (Wildman–Crippen LogP) is 3.70. The summed E-state index contributed by atoms with van der Waals surface area (Å²) in [6.07, 6.45) is 10.3. The number of amides is 1. The van der Waals surface area contributed by atoms with Crippen molar-refractivity contribution in [2.24, 2.45) is 11.7 Å². The molecule has 1 aliphatic carbocycles. The van der Waals surface area contributed by atoms with Gasteiger partial charge in [0.25, 0.3) is 0 Å². The van der Waals surface area contributed by atoms with Gasteiger partial charge in [-0.2, -0.15) is 0 Å². The molecule has 1 rings (SSSR count). The van der Waals surface area contributed by atoms with Gasteiger partial charge in [-0.25, -0.2) is 0 Å². The van der Waals surface area contributed by atoms with Gasteiger partial charge in [-0.1, -0.05) is 51.7 Å². The van der Waals surface area contributed by atoms with Crippen molar-refractivity contribution in [1.82, 2.24) is 5.32 Å². The Hall–Kier alpha value is -0.640. The van der Waals surface area contributed by atoms with Crippen LogP contribution in [0.3, 0.4) is 0 Å². The smallest absolute Gasteiger partial charge is 0.220 e. The standard InChI is InChI=1S/C16H30N2OS/c1-3-5-6-7-8-14(19)18-16(15(17)20)11-9-13(4-2)10-12-16/h13H,3-12H2,1-2H3,(H2,17,20)(H,18,19). The van der Waals surface area contributed by atoms with Gasteiger partial charge in [-0.05, 0) is 38.0 Å². The number of rotatable bonds is 8. The molecule has 0 spiro atoms. The second-order valence-electron chi connectivity index (χ2n) is 6.16. The molecule has 4 heteroatoms. The summed E-state index contributed by atoms with van der Waals surface area (Å²) in [4.78, 5) is 12.6. The number of carbonyl (C=O) groups excluding carboxylic acids is 1. The Morgan fingerprint density at radius 1 is 1.25 bits per heavy atom. The minimum atomic E-state index is -0.414. The lowest BCUT2D eigenvalue weighted by atomic mass is 9.75. The van der Waals surface area contributed by atoms with E-state index < -0.39 is 5.54 Å². The van der Waals surface area contributed by atoms with Gasteiger partial charge in [0.2, 0.25) is 5.91 Å². The van der Waals surface area contributed by atoms with Crippen molar-refractivity contribution in [2.75, 3.05) is 0 Å². The summed E-state index contributed by atoms with van der Waals surface area (Å²) in [5.41, 5.74) is 5.52. The third kappa shape index (κ3) is 5.04. The zero-order valence-corrected chi connectivity index (χ0v) is 13.9. The van der Waals surface area contributed by atoms with Crippen LogP contribution in [0.25, 0.3) is 0 Å². The summed E-state index contributed by atoms with van der Waals surface area (Å²) in [6.45, 7) is 4.40. The zero-order chi connectivity index (χ0) is 15.0. The molecule has 0 aromatic carbocycles. The first-order valence-electron chi connectivity index (χ1n) is 8.15. The van der Waals surface area contributed by atoms with E-state index in [2.05, 4.69) is 19.2 Å². The lowest BCUT2D eigenvalue weighted by Crippen LogP contribution is -2.58. The van der Waals surface area contributed by atoms with Crippen molar-refractivity contribution in [3.8, 4) is 0 Å². The summed E-state index contributed by atoms with van der Waals surface area (Å²) in [6, 6.07) is 0. The van der Waals surface area contributed by atoms with Crippen molar-refractivity contribution in [1.29, 1.82) is 0 Å². The lowest BCUT2D eigenvalue weighted by Gasteiger charge is -2.40. The number of hydrogen-bond acceptors (Lipinski definition) is 2. The zero-order valence-electron chi connectivity index (χ0n) is 13.0. The number of unbranched alkanes of at least 4 members (excludes halogenated alkanes) is 3. The van der Waals surface area contributed by atoms with E-state index in [4.69, 9.17) is 18.0 Å². The van der Waals surface area contributed by atoms with Gasteiger partial charge in [-0.15, -0.1) is 0 Å². The van der Waals surface area contributed by atoms with Crippen LogP contribution in [0.5, 0.6) is 0 Å². The predicted molar refractivity (Wildman–Crippen MR) is 88.7 cm³/mol. The second kappa shape index (κ2) is 8.60. The fraction of sp³-hybridized carbons (Fsp3) is 0.875. The monoisotopic (exact) mass is 298 g/mol. The van der Waals surface area contributed by atoms with E-state index in [1.807, 2.05) is 0 Å². The molecule has 0 unspecified atom stereocenters. The molecule has 0 saturated heterocycles. The van der Waals surface area contributed by atoms with Crippen molar-refractivity contribution in [2.45, 2.75) is 83.6 Å². The average Bonchev–Trinajstić information content (AvgIpc) is 2.44.